The van der Waals surface area contributed by atoms with E-state index in [1.54, 1.807) is 0 Å². The summed E-state index contributed by atoms with van der Waals surface area (Å²) >= 11 is 0. The highest BCUT2D eigenvalue weighted by atomic mass is 16.5. The van der Waals surface area contributed by atoms with Crippen molar-refractivity contribution in [2.45, 2.75) is 32.4 Å². The van der Waals surface area contributed by atoms with Gasteiger partial charge >= 0.3 is 5.97 Å². The number of aromatic carboxylic acids is 1. The van der Waals surface area contributed by atoms with Crippen LogP contribution in [0.4, 0.5) is 0 Å². The van der Waals surface area contributed by atoms with Crippen LogP contribution >= 0.6 is 0 Å². The van der Waals surface area contributed by atoms with Crippen molar-refractivity contribution in [1.82, 2.24) is 24.7 Å². The Balaban J connectivity index is 1.67. The van der Waals surface area contributed by atoms with Gasteiger partial charge in [0.05, 0.1) is 17.4 Å². The van der Waals surface area contributed by atoms with Crippen LogP contribution in [0.1, 0.15) is 46.4 Å². The average molecular weight is 343 g/mol. The first-order valence-corrected chi connectivity index (χ1v) is 8.03. The van der Waals surface area contributed by atoms with Gasteiger partial charge in [-0.05, 0) is 26.3 Å². The van der Waals surface area contributed by atoms with Crippen LogP contribution in [-0.4, -0.2) is 42.3 Å². The highest BCUT2D eigenvalue weighted by molar-refractivity contribution is 5.94. The smallest absolute Gasteiger partial charge is 0.341 e. The van der Waals surface area contributed by atoms with E-state index in [-0.39, 0.29) is 22.8 Å². The highest BCUT2D eigenvalue weighted by Gasteiger charge is 2.29. The lowest BCUT2D eigenvalue weighted by Gasteiger charge is -2.21. The van der Waals surface area contributed by atoms with Crippen LogP contribution in [0.5, 0.6) is 0 Å². The van der Waals surface area contributed by atoms with Gasteiger partial charge in [-0.15, -0.1) is 0 Å². The van der Waals surface area contributed by atoms with E-state index in [2.05, 4.69) is 20.1 Å². The fourth-order valence-corrected chi connectivity index (χ4v) is 3.35. The van der Waals surface area contributed by atoms with E-state index in [1.165, 1.54) is 12.3 Å². The summed E-state index contributed by atoms with van der Waals surface area (Å²) in [6.07, 6.45) is 3.22. The minimum atomic E-state index is -1.13. The molecule has 0 bridgehead atoms. The Morgan fingerprint density at radius 2 is 2.32 bits per heavy atom. The van der Waals surface area contributed by atoms with Gasteiger partial charge in [0, 0.05) is 24.9 Å². The summed E-state index contributed by atoms with van der Waals surface area (Å²) in [6, 6.07) is 3.44. The molecule has 1 unspecified atom stereocenters. The normalized spacial score (nSPS) is 18.2. The monoisotopic (exact) mass is 343 g/mol. The number of aryl methyl sites for hydroxylation is 1. The predicted octanol–water partition coefficient (Wildman–Crippen LogP) is 1.35. The second-order valence-corrected chi connectivity index (χ2v) is 6.24. The van der Waals surface area contributed by atoms with E-state index in [4.69, 9.17) is 4.52 Å². The third-order valence-corrected chi connectivity index (χ3v) is 4.48. The van der Waals surface area contributed by atoms with Gasteiger partial charge in [0.1, 0.15) is 5.56 Å². The molecule has 130 valence electrons. The van der Waals surface area contributed by atoms with Crippen molar-refractivity contribution >= 4 is 11.6 Å². The van der Waals surface area contributed by atoms with Crippen LogP contribution < -0.4 is 5.56 Å². The molecule has 0 amide bonds. The number of likely N-dealkylation sites (tertiary alicyclic amines) is 1. The van der Waals surface area contributed by atoms with Crippen LogP contribution in [-0.2, 0) is 6.54 Å². The first kappa shape index (κ1) is 15.6. The maximum absolute atomic E-state index is 12.2. The summed E-state index contributed by atoms with van der Waals surface area (Å²) in [4.78, 5) is 30.0. The molecule has 1 aliphatic rings. The molecule has 0 aliphatic carbocycles. The molecule has 25 heavy (non-hydrogen) atoms. The summed E-state index contributed by atoms with van der Waals surface area (Å²) < 4.78 is 6.52. The number of fused-ring (bicyclic) bond motifs is 1. The first-order chi connectivity index (χ1) is 12.0. The quantitative estimate of drug-likeness (QED) is 0.734. The van der Waals surface area contributed by atoms with Gasteiger partial charge in [0.15, 0.2) is 11.4 Å². The number of carboxylic acid groups (broad SMARTS) is 1. The van der Waals surface area contributed by atoms with E-state index in [0.29, 0.717) is 12.2 Å². The molecule has 1 aliphatic heterocycles. The molecule has 3 aromatic rings. The number of hydrogen-bond donors (Lipinski definition) is 2. The molecule has 9 heteroatoms. The minimum Gasteiger partial charge on any atom is -0.477 e. The van der Waals surface area contributed by atoms with E-state index < -0.39 is 5.97 Å². The number of hydrogen-bond acceptors (Lipinski definition) is 6. The molecule has 0 aromatic carbocycles. The lowest BCUT2D eigenvalue weighted by molar-refractivity contribution is 0.0698. The van der Waals surface area contributed by atoms with Crippen molar-refractivity contribution in [3.8, 4) is 0 Å². The molecule has 9 nitrogen and oxygen atoms in total. The van der Waals surface area contributed by atoms with Crippen molar-refractivity contribution in [1.29, 1.82) is 0 Å². The van der Waals surface area contributed by atoms with E-state index in [0.717, 1.165) is 35.4 Å². The lowest BCUT2D eigenvalue weighted by Crippen LogP contribution is -2.25. The van der Waals surface area contributed by atoms with Crippen LogP contribution in [0.2, 0.25) is 0 Å². The number of aromatic amines is 1. The summed E-state index contributed by atoms with van der Waals surface area (Å²) in [6.45, 7) is 3.17. The molecule has 1 atom stereocenters. The third-order valence-electron chi connectivity index (χ3n) is 4.48. The van der Waals surface area contributed by atoms with Crippen LogP contribution in [0, 0.1) is 6.92 Å². The zero-order chi connectivity index (χ0) is 17.6. The van der Waals surface area contributed by atoms with E-state index in [9.17, 15) is 14.7 Å². The highest BCUT2D eigenvalue weighted by Crippen LogP contribution is 2.33. The van der Waals surface area contributed by atoms with Crippen molar-refractivity contribution in [2.24, 2.45) is 0 Å². The summed E-state index contributed by atoms with van der Waals surface area (Å²) in [5.41, 5.74) is 1.14. The maximum Gasteiger partial charge on any atom is 0.341 e. The Labute approximate surface area is 141 Å². The van der Waals surface area contributed by atoms with E-state index >= 15 is 0 Å². The summed E-state index contributed by atoms with van der Waals surface area (Å²) in [5, 5.41) is 15.8. The van der Waals surface area contributed by atoms with Crippen molar-refractivity contribution in [3.63, 3.8) is 0 Å². The second-order valence-electron chi connectivity index (χ2n) is 6.24. The largest absolute Gasteiger partial charge is 0.477 e. The van der Waals surface area contributed by atoms with Gasteiger partial charge in [0.25, 0.3) is 5.56 Å². The van der Waals surface area contributed by atoms with Crippen LogP contribution in [0.25, 0.3) is 5.65 Å². The number of carbonyl (C=O) groups is 1. The molecule has 0 saturated carbocycles. The van der Waals surface area contributed by atoms with Crippen LogP contribution in [0.15, 0.2) is 27.6 Å². The van der Waals surface area contributed by atoms with Gasteiger partial charge < -0.3 is 9.63 Å². The van der Waals surface area contributed by atoms with Crippen molar-refractivity contribution in [2.75, 3.05) is 6.54 Å². The van der Waals surface area contributed by atoms with Gasteiger partial charge in [-0.25, -0.2) is 14.3 Å². The minimum absolute atomic E-state index is 0.0252. The molecule has 4 heterocycles. The molecule has 0 spiro atoms. The molecule has 2 N–H and O–H groups in total. The standard InChI is InChI=1S/C16H17N5O4/c1-9-5-13(25-19-9)12-3-2-4-20(12)8-10-6-14(22)21-15(18-10)11(7-17-21)16(23)24/h5-7,12,17H,2-4,8H2,1H3,(H,23,24). The summed E-state index contributed by atoms with van der Waals surface area (Å²) in [7, 11) is 0. The van der Waals surface area contributed by atoms with E-state index in [1.807, 2.05) is 13.0 Å². The number of nitrogens with zero attached hydrogens (tertiary/aromatic N) is 4. The Hall–Kier alpha value is -2.94. The third kappa shape index (κ3) is 2.72. The molecule has 3 aromatic heterocycles. The molecule has 4 rings (SSSR count). The Morgan fingerprint density at radius 3 is 3.04 bits per heavy atom. The predicted molar refractivity (Wildman–Crippen MR) is 86.4 cm³/mol. The van der Waals surface area contributed by atoms with Gasteiger partial charge in [0.2, 0.25) is 0 Å². The molecular weight excluding hydrogens is 326 g/mol. The second kappa shape index (κ2) is 5.85. The Kier molecular flexibility index (Phi) is 3.65. The Bertz CT molecular complexity index is 1000. The number of H-pyrrole nitrogens is 1. The number of nitrogens with one attached hydrogen (secondary N) is 1. The maximum atomic E-state index is 12.2. The van der Waals surface area contributed by atoms with Gasteiger partial charge in [-0.2, -0.15) is 0 Å². The fraction of sp³-hybridized carbons (Fsp3) is 0.375. The Morgan fingerprint density at radius 1 is 1.48 bits per heavy atom. The van der Waals surface area contributed by atoms with Gasteiger partial charge in [-0.1, -0.05) is 5.16 Å². The summed E-state index contributed by atoms with van der Waals surface area (Å²) in [5.74, 6) is -0.320. The fourth-order valence-electron chi connectivity index (χ4n) is 3.35. The topological polar surface area (TPSA) is 117 Å². The average Bonchev–Trinajstić information content (AvgIpc) is 3.26. The molecular formula is C16H17N5O4. The van der Waals surface area contributed by atoms with Crippen LogP contribution in [0.3, 0.4) is 0 Å². The van der Waals surface area contributed by atoms with Crippen molar-refractivity contribution < 1.29 is 14.4 Å². The number of rotatable bonds is 4. The SMILES string of the molecule is Cc1cc(C2CCCN2Cc2cc(=O)n3[nH]cc(C(=O)O)c3n2)on1. The molecule has 1 saturated heterocycles. The van der Waals surface area contributed by atoms with Gasteiger partial charge in [-0.3, -0.25) is 14.8 Å². The number of carboxylic acids is 1. The zero-order valence-electron chi connectivity index (χ0n) is 13.6. The lowest BCUT2D eigenvalue weighted by atomic mass is 10.1. The number of aromatic nitrogens is 4. The van der Waals surface area contributed by atoms with Crippen molar-refractivity contribution in [3.05, 3.63) is 51.4 Å². The first-order valence-electron chi connectivity index (χ1n) is 8.03. The molecule has 1 fully saturated rings. The zero-order valence-corrected chi connectivity index (χ0v) is 13.6. The molecule has 0 radical (unpaired) electrons.